The Labute approximate surface area is 101 Å². The van der Waals surface area contributed by atoms with Crippen LogP contribution in [0.4, 0.5) is 0 Å². The second kappa shape index (κ2) is 3.07. The smallest absolute Gasteiger partial charge is 0.234 e. The molecule has 0 atom stereocenters. The number of hydrogen-bond donors (Lipinski definition) is 1. The summed E-state index contributed by atoms with van der Waals surface area (Å²) in [7, 11) is 0. The predicted molar refractivity (Wildman–Crippen MR) is 66.8 cm³/mol. The number of aromatic nitrogens is 3. The van der Waals surface area contributed by atoms with Gasteiger partial charge in [0.15, 0.2) is 0 Å². The van der Waals surface area contributed by atoms with E-state index in [0.717, 1.165) is 30.0 Å². The molecule has 0 aromatic carbocycles. The van der Waals surface area contributed by atoms with Gasteiger partial charge in [-0.25, -0.2) is 9.97 Å². The zero-order valence-corrected chi connectivity index (χ0v) is 10.6. The van der Waals surface area contributed by atoms with Gasteiger partial charge in [0.2, 0.25) is 5.78 Å². The number of nitrogens with zero attached hydrogens (tertiary/aromatic N) is 3. The van der Waals surface area contributed by atoms with Crippen molar-refractivity contribution >= 4 is 5.78 Å². The lowest BCUT2D eigenvalue weighted by molar-refractivity contribution is 0.546. The summed E-state index contributed by atoms with van der Waals surface area (Å²) in [6.45, 7) is 6.51. The van der Waals surface area contributed by atoms with E-state index in [1.54, 1.807) is 6.20 Å². The zero-order valence-electron chi connectivity index (χ0n) is 10.6. The van der Waals surface area contributed by atoms with Crippen LogP contribution in [0.1, 0.15) is 45.0 Å². The summed E-state index contributed by atoms with van der Waals surface area (Å²) < 4.78 is 2.05. The fourth-order valence-corrected chi connectivity index (χ4v) is 2.26. The molecule has 0 radical (unpaired) electrons. The van der Waals surface area contributed by atoms with Gasteiger partial charge in [-0.2, -0.15) is 0 Å². The average molecular weight is 230 g/mol. The lowest BCUT2D eigenvalue weighted by Crippen LogP contribution is -2.26. The first kappa shape index (κ1) is 10.7. The van der Waals surface area contributed by atoms with E-state index >= 15 is 0 Å². The number of rotatable bonds is 1. The summed E-state index contributed by atoms with van der Waals surface area (Å²) in [4.78, 5) is 8.98. The van der Waals surface area contributed by atoms with Gasteiger partial charge in [0, 0.05) is 17.8 Å². The van der Waals surface area contributed by atoms with Crippen LogP contribution in [-0.2, 0) is 11.0 Å². The second-order valence-electron chi connectivity index (χ2n) is 6.00. The van der Waals surface area contributed by atoms with E-state index in [9.17, 15) is 0 Å². The molecule has 17 heavy (non-hydrogen) atoms. The van der Waals surface area contributed by atoms with E-state index < -0.39 is 0 Å². The molecule has 0 unspecified atom stereocenters. The van der Waals surface area contributed by atoms with Gasteiger partial charge < -0.3 is 5.73 Å². The molecule has 2 aromatic heterocycles. The van der Waals surface area contributed by atoms with E-state index in [1.807, 2.05) is 16.7 Å². The van der Waals surface area contributed by atoms with Crippen LogP contribution in [0.5, 0.6) is 0 Å². The standard InChI is InChI=1S/C13H18N4/c1-12(2,3)9-10(13(14)5-6-13)17-8-4-7-15-11(17)16-9/h4,7-8H,5-6,14H2,1-3H3. The Bertz CT molecular complexity index is 573. The molecule has 1 fully saturated rings. The Morgan fingerprint density at radius 1 is 1.35 bits per heavy atom. The molecule has 4 heteroatoms. The SMILES string of the molecule is CC(C)(C)c1nc2ncccn2c1C1(N)CC1. The van der Waals surface area contributed by atoms with Crippen molar-refractivity contribution in [1.29, 1.82) is 0 Å². The molecule has 3 rings (SSSR count). The first-order valence-electron chi connectivity index (χ1n) is 6.05. The van der Waals surface area contributed by atoms with E-state index in [-0.39, 0.29) is 11.0 Å². The topological polar surface area (TPSA) is 56.2 Å². The van der Waals surface area contributed by atoms with Gasteiger partial charge in [0.25, 0.3) is 0 Å². The highest BCUT2D eigenvalue weighted by Crippen LogP contribution is 2.46. The van der Waals surface area contributed by atoms with Crippen LogP contribution in [0, 0.1) is 0 Å². The first-order valence-corrected chi connectivity index (χ1v) is 6.05. The fraction of sp³-hybridized carbons (Fsp3) is 0.538. The number of fused-ring (bicyclic) bond motifs is 1. The molecule has 1 aliphatic rings. The van der Waals surface area contributed by atoms with E-state index in [4.69, 9.17) is 5.73 Å². The van der Waals surface area contributed by atoms with Crippen LogP contribution in [0.15, 0.2) is 18.5 Å². The van der Waals surface area contributed by atoms with Crippen LogP contribution < -0.4 is 5.73 Å². The van der Waals surface area contributed by atoms with Crippen molar-refractivity contribution in [2.24, 2.45) is 5.73 Å². The van der Waals surface area contributed by atoms with Crippen molar-refractivity contribution in [3.63, 3.8) is 0 Å². The molecule has 0 bridgehead atoms. The van der Waals surface area contributed by atoms with Crippen LogP contribution in [-0.4, -0.2) is 14.4 Å². The summed E-state index contributed by atoms with van der Waals surface area (Å²) in [5.41, 5.74) is 8.42. The van der Waals surface area contributed by atoms with Crippen molar-refractivity contribution in [1.82, 2.24) is 14.4 Å². The van der Waals surface area contributed by atoms with Gasteiger partial charge in [-0.1, -0.05) is 20.8 Å². The van der Waals surface area contributed by atoms with Gasteiger partial charge >= 0.3 is 0 Å². The maximum absolute atomic E-state index is 6.39. The molecule has 2 N–H and O–H groups in total. The maximum atomic E-state index is 6.39. The lowest BCUT2D eigenvalue weighted by Gasteiger charge is -2.20. The summed E-state index contributed by atoms with van der Waals surface area (Å²) in [5.74, 6) is 0.754. The molecule has 1 saturated carbocycles. The van der Waals surface area contributed by atoms with Gasteiger partial charge in [-0.3, -0.25) is 4.40 Å². The van der Waals surface area contributed by atoms with Crippen LogP contribution in [0.25, 0.3) is 5.78 Å². The Hall–Kier alpha value is -1.42. The lowest BCUT2D eigenvalue weighted by atomic mass is 9.88. The fourth-order valence-electron chi connectivity index (χ4n) is 2.26. The number of imidazole rings is 1. The normalized spacial score (nSPS) is 18.6. The van der Waals surface area contributed by atoms with Crippen molar-refractivity contribution in [3.05, 3.63) is 29.8 Å². The van der Waals surface area contributed by atoms with Crippen LogP contribution in [0.3, 0.4) is 0 Å². The van der Waals surface area contributed by atoms with Gasteiger partial charge in [0.05, 0.1) is 16.9 Å². The molecule has 2 aromatic rings. The van der Waals surface area contributed by atoms with Gasteiger partial charge in [-0.15, -0.1) is 0 Å². The molecule has 0 aliphatic heterocycles. The summed E-state index contributed by atoms with van der Waals surface area (Å²) >= 11 is 0. The molecule has 90 valence electrons. The molecule has 0 amide bonds. The molecular weight excluding hydrogens is 212 g/mol. The van der Waals surface area contributed by atoms with Gasteiger partial charge in [-0.05, 0) is 18.9 Å². The van der Waals surface area contributed by atoms with Crippen molar-refractivity contribution in [3.8, 4) is 0 Å². The first-order chi connectivity index (χ1) is 7.92. The Morgan fingerprint density at radius 2 is 2.06 bits per heavy atom. The van der Waals surface area contributed by atoms with Crippen LogP contribution in [0.2, 0.25) is 0 Å². The van der Waals surface area contributed by atoms with Crippen molar-refractivity contribution in [2.45, 2.75) is 44.6 Å². The quantitative estimate of drug-likeness (QED) is 0.815. The highest BCUT2D eigenvalue weighted by molar-refractivity contribution is 5.43. The minimum atomic E-state index is -0.189. The van der Waals surface area contributed by atoms with E-state index in [0.29, 0.717) is 0 Å². The summed E-state index contributed by atoms with van der Waals surface area (Å²) in [6.07, 6.45) is 5.86. The van der Waals surface area contributed by atoms with Crippen molar-refractivity contribution in [2.75, 3.05) is 0 Å². The Balaban J connectivity index is 2.34. The third-order valence-corrected chi connectivity index (χ3v) is 3.37. The highest BCUT2D eigenvalue weighted by Gasteiger charge is 2.46. The molecule has 0 spiro atoms. The maximum Gasteiger partial charge on any atom is 0.234 e. The third kappa shape index (κ3) is 1.55. The highest BCUT2D eigenvalue weighted by atomic mass is 15.1. The molecule has 1 aliphatic carbocycles. The van der Waals surface area contributed by atoms with Gasteiger partial charge in [0.1, 0.15) is 0 Å². The minimum Gasteiger partial charge on any atom is -0.320 e. The number of hydrogen-bond acceptors (Lipinski definition) is 3. The third-order valence-electron chi connectivity index (χ3n) is 3.37. The number of nitrogens with two attached hydrogens (primary N) is 1. The Kier molecular flexibility index (Phi) is 1.94. The van der Waals surface area contributed by atoms with Crippen LogP contribution >= 0.6 is 0 Å². The molecule has 4 nitrogen and oxygen atoms in total. The monoisotopic (exact) mass is 230 g/mol. The molecular formula is C13H18N4. The summed E-state index contributed by atoms with van der Waals surface area (Å²) in [6, 6.07) is 1.93. The molecule has 2 heterocycles. The second-order valence-corrected chi connectivity index (χ2v) is 6.00. The zero-order chi connectivity index (χ0) is 12.3. The predicted octanol–water partition coefficient (Wildman–Crippen LogP) is 1.97. The van der Waals surface area contributed by atoms with E-state index in [1.165, 1.54) is 0 Å². The molecule has 0 saturated heterocycles. The average Bonchev–Trinajstić information content (AvgIpc) is 2.86. The summed E-state index contributed by atoms with van der Waals surface area (Å²) in [5, 5.41) is 0. The Morgan fingerprint density at radius 3 is 2.65 bits per heavy atom. The van der Waals surface area contributed by atoms with E-state index in [2.05, 4.69) is 30.7 Å². The largest absolute Gasteiger partial charge is 0.320 e. The van der Waals surface area contributed by atoms with Crippen molar-refractivity contribution < 1.29 is 0 Å². The minimum absolute atomic E-state index is 0.00199.